The molecule has 10 heteroatoms. The van der Waals surface area contributed by atoms with Crippen LogP contribution in [0.1, 0.15) is 0 Å². The highest BCUT2D eigenvalue weighted by Gasteiger charge is 2.44. The third-order valence-corrected chi connectivity index (χ3v) is 2.04. The molecule has 0 saturated carbocycles. The van der Waals surface area contributed by atoms with E-state index in [4.69, 9.17) is 16.4 Å². The first kappa shape index (κ1) is 16.2. The third-order valence-electron chi connectivity index (χ3n) is 2.04. The fourth-order valence-electron chi connectivity index (χ4n) is 1.10. The molecule has 0 spiro atoms. The summed E-state index contributed by atoms with van der Waals surface area (Å²) in [5, 5.41) is 19.0. The van der Waals surface area contributed by atoms with Gasteiger partial charge in [-0.15, -0.1) is 0 Å². The first-order chi connectivity index (χ1) is 9.77. The molecule has 0 amide bonds. The molecule has 1 rings (SSSR count). The smallest absolute Gasteiger partial charge is 0.426 e. The number of alkyl halides is 4. The Morgan fingerprint density at radius 2 is 2.05 bits per heavy atom. The van der Waals surface area contributed by atoms with Crippen LogP contribution >= 0.6 is 0 Å². The predicted molar refractivity (Wildman–Crippen MR) is 66.6 cm³/mol. The minimum atomic E-state index is -4.68. The Kier molecular flexibility index (Phi) is 5.06. The summed E-state index contributed by atoms with van der Waals surface area (Å²) >= 11 is 0. The van der Waals surface area contributed by atoms with E-state index in [0.717, 1.165) is 6.07 Å². The van der Waals surface area contributed by atoms with E-state index in [9.17, 15) is 17.6 Å². The number of rotatable bonds is 6. The van der Waals surface area contributed by atoms with Crippen LogP contribution in [-0.2, 0) is 0 Å². The summed E-state index contributed by atoms with van der Waals surface area (Å²) in [4.78, 5) is 0. The molecule has 1 aromatic rings. The van der Waals surface area contributed by atoms with Gasteiger partial charge in [-0.1, -0.05) is 12.1 Å². The molecule has 0 saturated heterocycles. The van der Waals surface area contributed by atoms with Crippen LogP contribution in [0.5, 0.6) is 5.75 Å². The Morgan fingerprint density at radius 1 is 1.43 bits per heavy atom. The molecular formula is C11H9F4N5O. The van der Waals surface area contributed by atoms with Crippen molar-refractivity contribution in [2.24, 2.45) is 10.8 Å². The number of hydrogen-bond donors (Lipinski definition) is 3. The van der Waals surface area contributed by atoms with Gasteiger partial charge in [0.25, 0.3) is 0 Å². The van der Waals surface area contributed by atoms with E-state index in [2.05, 4.69) is 15.3 Å². The minimum absolute atomic E-state index is 0.202. The van der Waals surface area contributed by atoms with Crippen molar-refractivity contribution in [2.75, 3.05) is 5.43 Å². The SMILES string of the molecule is N#C/C(=N\Nc1ccccc1OC(F)(F)C(F)F)C(=N)N. The van der Waals surface area contributed by atoms with Gasteiger partial charge in [0, 0.05) is 0 Å². The molecule has 112 valence electrons. The number of nitrogens with one attached hydrogen (secondary N) is 2. The van der Waals surface area contributed by atoms with Crippen molar-refractivity contribution in [2.45, 2.75) is 12.5 Å². The van der Waals surface area contributed by atoms with E-state index >= 15 is 0 Å². The van der Waals surface area contributed by atoms with Crippen molar-refractivity contribution in [1.82, 2.24) is 0 Å². The van der Waals surface area contributed by atoms with Crippen LogP contribution in [0, 0.1) is 16.7 Å². The van der Waals surface area contributed by atoms with Gasteiger partial charge in [-0.05, 0) is 12.1 Å². The predicted octanol–water partition coefficient (Wildman–Crippen LogP) is 2.15. The molecule has 0 aromatic heterocycles. The molecule has 4 N–H and O–H groups in total. The molecule has 6 nitrogen and oxygen atoms in total. The van der Waals surface area contributed by atoms with Gasteiger partial charge < -0.3 is 10.5 Å². The molecule has 0 aliphatic heterocycles. The Morgan fingerprint density at radius 3 is 2.57 bits per heavy atom. The van der Waals surface area contributed by atoms with Crippen molar-refractivity contribution >= 4 is 17.2 Å². The Hall–Kier alpha value is -2.83. The first-order valence-corrected chi connectivity index (χ1v) is 5.30. The maximum atomic E-state index is 12.9. The van der Waals surface area contributed by atoms with Crippen molar-refractivity contribution in [1.29, 1.82) is 10.7 Å². The van der Waals surface area contributed by atoms with Crippen molar-refractivity contribution in [3.8, 4) is 11.8 Å². The lowest BCUT2D eigenvalue weighted by Crippen LogP contribution is -2.33. The Bertz CT molecular complexity index is 597. The number of nitrogens with zero attached hydrogens (tertiary/aromatic N) is 2. The molecule has 21 heavy (non-hydrogen) atoms. The second-order valence-electron chi connectivity index (χ2n) is 3.56. The highest BCUT2D eigenvalue weighted by atomic mass is 19.3. The van der Waals surface area contributed by atoms with Gasteiger partial charge in [0.1, 0.15) is 6.07 Å². The van der Waals surface area contributed by atoms with Crippen molar-refractivity contribution < 1.29 is 22.3 Å². The number of anilines is 1. The topological polar surface area (TPSA) is 107 Å². The van der Waals surface area contributed by atoms with Gasteiger partial charge in [-0.25, -0.2) is 0 Å². The number of nitrogens with two attached hydrogens (primary N) is 1. The summed E-state index contributed by atoms with van der Waals surface area (Å²) in [5.41, 5.74) is 6.47. The molecule has 0 atom stereocenters. The first-order valence-electron chi connectivity index (χ1n) is 5.30. The van der Waals surface area contributed by atoms with E-state index in [-0.39, 0.29) is 5.69 Å². The summed E-state index contributed by atoms with van der Waals surface area (Å²) in [6.45, 7) is 0. The second kappa shape index (κ2) is 6.56. The van der Waals surface area contributed by atoms with Crippen LogP contribution in [0.3, 0.4) is 0 Å². The standard InChI is InChI=1S/C11H9F4N5O/c12-10(13)11(14,15)21-8-4-2-1-3-6(8)19-20-7(5-16)9(17)18/h1-4,10,19H,(H3,17,18)/b20-7+. The molecule has 1 aromatic carbocycles. The molecule has 0 radical (unpaired) electrons. The molecule has 0 fully saturated rings. The molecule has 0 aliphatic carbocycles. The van der Waals surface area contributed by atoms with Crippen molar-refractivity contribution in [3.63, 3.8) is 0 Å². The van der Waals surface area contributed by atoms with E-state index in [1.807, 2.05) is 0 Å². The number of nitriles is 1. The summed E-state index contributed by atoms with van der Waals surface area (Å²) < 4.78 is 53.9. The highest BCUT2D eigenvalue weighted by Crippen LogP contribution is 2.32. The normalized spacial score (nSPS) is 11.9. The van der Waals surface area contributed by atoms with Gasteiger partial charge in [-0.2, -0.15) is 27.9 Å². The van der Waals surface area contributed by atoms with Gasteiger partial charge >= 0.3 is 12.5 Å². The molecule has 0 unspecified atom stereocenters. The maximum absolute atomic E-state index is 12.9. The fraction of sp³-hybridized carbons (Fsp3) is 0.182. The Balaban J connectivity index is 3.01. The lowest BCUT2D eigenvalue weighted by Gasteiger charge is -2.18. The summed E-state index contributed by atoms with van der Waals surface area (Å²) in [5.74, 6) is -1.26. The zero-order valence-electron chi connectivity index (χ0n) is 10.3. The summed E-state index contributed by atoms with van der Waals surface area (Å²) in [6.07, 6.45) is -8.69. The minimum Gasteiger partial charge on any atom is -0.426 e. The largest absolute Gasteiger partial charge is 0.461 e. The van der Waals surface area contributed by atoms with Crippen LogP contribution in [0.25, 0.3) is 0 Å². The third kappa shape index (κ3) is 4.34. The van der Waals surface area contributed by atoms with Gasteiger partial charge in [0.15, 0.2) is 11.6 Å². The number of amidine groups is 1. The molecular weight excluding hydrogens is 294 g/mol. The van der Waals surface area contributed by atoms with Gasteiger partial charge in [0.2, 0.25) is 5.71 Å². The van der Waals surface area contributed by atoms with Gasteiger partial charge in [-0.3, -0.25) is 10.8 Å². The number of hydrazone groups is 1. The van der Waals surface area contributed by atoms with Crippen LogP contribution in [-0.4, -0.2) is 24.1 Å². The van der Waals surface area contributed by atoms with Crippen LogP contribution in [0.4, 0.5) is 23.2 Å². The summed E-state index contributed by atoms with van der Waals surface area (Å²) in [6, 6.07) is 6.37. The fourth-order valence-corrected chi connectivity index (χ4v) is 1.10. The van der Waals surface area contributed by atoms with E-state index in [1.54, 1.807) is 0 Å². The maximum Gasteiger partial charge on any atom is 0.461 e. The number of benzene rings is 1. The van der Waals surface area contributed by atoms with Crippen LogP contribution in [0.2, 0.25) is 0 Å². The zero-order valence-corrected chi connectivity index (χ0v) is 10.3. The molecule has 0 heterocycles. The van der Waals surface area contributed by atoms with E-state index in [0.29, 0.717) is 0 Å². The zero-order chi connectivity index (χ0) is 16.0. The highest BCUT2D eigenvalue weighted by molar-refractivity contribution is 6.45. The number of para-hydroxylation sites is 2. The second-order valence-corrected chi connectivity index (χ2v) is 3.56. The monoisotopic (exact) mass is 303 g/mol. The average molecular weight is 303 g/mol. The van der Waals surface area contributed by atoms with E-state index in [1.165, 1.54) is 24.3 Å². The lowest BCUT2D eigenvalue weighted by atomic mass is 10.3. The lowest BCUT2D eigenvalue weighted by molar-refractivity contribution is -0.252. The molecule has 0 bridgehead atoms. The van der Waals surface area contributed by atoms with Crippen LogP contribution in [0.15, 0.2) is 29.4 Å². The quantitative estimate of drug-likeness (QED) is 0.324. The van der Waals surface area contributed by atoms with Crippen LogP contribution < -0.4 is 15.9 Å². The average Bonchev–Trinajstić information content (AvgIpc) is 2.40. The number of halogens is 4. The summed E-state index contributed by atoms with van der Waals surface area (Å²) in [7, 11) is 0. The molecule has 0 aliphatic rings. The number of hydrogen-bond acceptors (Lipinski definition) is 5. The van der Waals surface area contributed by atoms with Crippen molar-refractivity contribution in [3.05, 3.63) is 24.3 Å². The van der Waals surface area contributed by atoms with Gasteiger partial charge in [0.05, 0.1) is 5.69 Å². The van der Waals surface area contributed by atoms with E-state index < -0.39 is 29.8 Å². The Labute approximate surface area is 116 Å². The number of ether oxygens (including phenoxy) is 1.